The van der Waals surface area contributed by atoms with Crippen molar-refractivity contribution >= 4 is 28.8 Å². The first-order valence-electron chi connectivity index (χ1n) is 13.0. The molecule has 3 heterocycles. The molecule has 2 aromatic carbocycles. The van der Waals surface area contributed by atoms with E-state index < -0.39 is 49.4 Å². The van der Waals surface area contributed by atoms with Gasteiger partial charge in [0.1, 0.15) is 12.4 Å². The van der Waals surface area contributed by atoms with E-state index in [1.807, 2.05) is 6.92 Å². The van der Waals surface area contributed by atoms with E-state index in [0.717, 1.165) is 5.56 Å². The lowest BCUT2D eigenvalue weighted by molar-refractivity contribution is -0.139. The summed E-state index contributed by atoms with van der Waals surface area (Å²) in [6.45, 7) is 1.17. The smallest absolute Gasteiger partial charge is 0.414 e. The molecule has 12 heteroatoms. The molecule has 0 spiro atoms. The fraction of sp³-hybridized carbons (Fsp3) is 0.464. The summed E-state index contributed by atoms with van der Waals surface area (Å²) in [6, 6.07) is 7.48. The summed E-state index contributed by atoms with van der Waals surface area (Å²) in [5.41, 5.74) is 2.39. The second-order valence-corrected chi connectivity index (χ2v) is 10.3. The highest BCUT2D eigenvalue weighted by Crippen LogP contribution is 2.40. The third kappa shape index (κ3) is 5.12. The molecule has 214 valence electrons. The monoisotopic (exact) mass is 563 g/mol. The Morgan fingerprint density at radius 2 is 1.88 bits per heavy atom. The van der Waals surface area contributed by atoms with E-state index in [9.17, 15) is 32.3 Å². The van der Waals surface area contributed by atoms with Gasteiger partial charge in [-0.2, -0.15) is 0 Å². The molecule has 1 aromatic heterocycles. The Kier molecular flexibility index (Phi) is 7.47. The van der Waals surface area contributed by atoms with Crippen LogP contribution in [0.1, 0.15) is 60.7 Å². The molecule has 1 amide bonds. The van der Waals surface area contributed by atoms with E-state index in [-0.39, 0.29) is 36.0 Å². The first-order valence-corrected chi connectivity index (χ1v) is 13.0. The SMILES string of the molecule is COC(=O)N1c2ccc3c(nc(C[C@H](C(=O)O)c4ccc(C(F)F)cc4)n3[C@H]3COCC(F)(F)C3)c2CC[C@@H]1C. The Balaban J connectivity index is 1.64. The van der Waals surface area contributed by atoms with Gasteiger partial charge in [-0.15, -0.1) is 0 Å². The molecule has 1 fully saturated rings. The largest absolute Gasteiger partial charge is 0.481 e. The van der Waals surface area contributed by atoms with Crippen LogP contribution < -0.4 is 4.90 Å². The number of carbonyl (C=O) groups excluding carboxylic acids is 1. The topological polar surface area (TPSA) is 93.9 Å². The maximum Gasteiger partial charge on any atom is 0.414 e. The highest BCUT2D eigenvalue weighted by atomic mass is 19.3. The zero-order chi connectivity index (χ0) is 28.8. The molecule has 3 aromatic rings. The van der Waals surface area contributed by atoms with Gasteiger partial charge in [0, 0.05) is 30.0 Å². The van der Waals surface area contributed by atoms with Crippen molar-refractivity contribution < 1.29 is 41.7 Å². The van der Waals surface area contributed by atoms with Crippen LogP contribution in [0.2, 0.25) is 0 Å². The summed E-state index contributed by atoms with van der Waals surface area (Å²) in [7, 11) is 1.29. The van der Waals surface area contributed by atoms with Crippen LogP contribution in [0.25, 0.3) is 11.0 Å². The number of fused-ring (bicyclic) bond motifs is 3. The Morgan fingerprint density at radius 3 is 2.50 bits per heavy atom. The summed E-state index contributed by atoms with van der Waals surface area (Å²) in [6.07, 6.45) is -2.76. The van der Waals surface area contributed by atoms with Crippen LogP contribution in [0.3, 0.4) is 0 Å². The third-order valence-corrected chi connectivity index (χ3v) is 7.70. The van der Waals surface area contributed by atoms with Gasteiger partial charge in [-0.25, -0.2) is 27.3 Å². The third-order valence-electron chi connectivity index (χ3n) is 7.70. The Labute approximate surface area is 227 Å². The van der Waals surface area contributed by atoms with E-state index >= 15 is 0 Å². The van der Waals surface area contributed by atoms with Crippen LogP contribution in [-0.4, -0.2) is 59.0 Å². The maximum absolute atomic E-state index is 14.5. The van der Waals surface area contributed by atoms with Crippen LogP contribution in [0.4, 0.5) is 28.0 Å². The molecule has 8 nitrogen and oxygen atoms in total. The number of anilines is 1. The van der Waals surface area contributed by atoms with Crippen molar-refractivity contribution in [1.29, 1.82) is 0 Å². The molecule has 5 rings (SSSR count). The lowest BCUT2D eigenvalue weighted by atomic mass is 9.94. The maximum atomic E-state index is 14.5. The Hall–Kier alpha value is -3.67. The number of aliphatic carboxylic acids is 1. The van der Waals surface area contributed by atoms with Crippen LogP contribution in [-0.2, 0) is 27.1 Å². The quantitative estimate of drug-likeness (QED) is 0.376. The van der Waals surface area contributed by atoms with Crippen molar-refractivity contribution in [2.75, 3.05) is 25.2 Å². The number of halogens is 4. The van der Waals surface area contributed by atoms with Gasteiger partial charge in [0.25, 0.3) is 12.3 Å². The predicted molar refractivity (Wildman–Crippen MR) is 137 cm³/mol. The molecule has 2 aliphatic rings. The number of benzene rings is 2. The van der Waals surface area contributed by atoms with Crippen molar-refractivity contribution in [1.82, 2.24) is 9.55 Å². The fourth-order valence-corrected chi connectivity index (χ4v) is 5.75. The molecule has 0 saturated carbocycles. The van der Waals surface area contributed by atoms with E-state index in [1.165, 1.54) is 36.3 Å². The fourth-order valence-electron chi connectivity index (χ4n) is 5.75. The standard InChI is InChI=1S/C28H29F4N3O5/c1-15-3-8-19-21(34(15)27(38)39-2)9-10-22-24(19)33-23(35(22)18-12-28(31,32)14-40-13-18)11-20(26(36)37)16-4-6-17(7-5-16)25(29)30/h4-7,9-10,15,18,20,25H,3,8,11-14H2,1-2H3,(H,36,37)/t15-,18+,20-/m0/s1. The van der Waals surface area contributed by atoms with Crippen molar-refractivity contribution in [3.8, 4) is 0 Å². The van der Waals surface area contributed by atoms with Crippen LogP contribution >= 0.6 is 0 Å². The molecule has 1 N–H and O–H groups in total. The molecule has 0 aliphatic carbocycles. The molecular formula is C28H29F4N3O5. The molecule has 0 bridgehead atoms. The second-order valence-electron chi connectivity index (χ2n) is 10.3. The predicted octanol–water partition coefficient (Wildman–Crippen LogP) is 5.89. The number of carbonyl (C=O) groups is 2. The van der Waals surface area contributed by atoms with Crippen molar-refractivity contribution in [3.63, 3.8) is 0 Å². The van der Waals surface area contributed by atoms with Crippen molar-refractivity contribution in [3.05, 3.63) is 58.9 Å². The average molecular weight is 564 g/mol. The van der Waals surface area contributed by atoms with E-state index in [0.29, 0.717) is 29.6 Å². The number of amides is 1. The second kappa shape index (κ2) is 10.7. The number of carboxylic acid groups (broad SMARTS) is 1. The molecule has 1 saturated heterocycles. The van der Waals surface area contributed by atoms with Gasteiger partial charge in [0.05, 0.1) is 42.4 Å². The van der Waals surface area contributed by atoms with Gasteiger partial charge in [-0.1, -0.05) is 24.3 Å². The zero-order valence-corrected chi connectivity index (χ0v) is 21.9. The van der Waals surface area contributed by atoms with Gasteiger partial charge in [0.15, 0.2) is 0 Å². The van der Waals surface area contributed by atoms with Crippen LogP contribution in [0.15, 0.2) is 36.4 Å². The first kappa shape index (κ1) is 27.9. The zero-order valence-electron chi connectivity index (χ0n) is 21.9. The molecular weight excluding hydrogens is 534 g/mol. The Morgan fingerprint density at radius 1 is 1.18 bits per heavy atom. The summed E-state index contributed by atoms with van der Waals surface area (Å²) in [5.74, 6) is -5.21. The summed E-state index contributed by atoms with van der Waals surface area (Å²) >= 11 is 0. The number of alkyl halides is 4. The summed E-state index contributed by atoms with van der Waals surface area (Å²) < 4.78 is 66.9. The number of imidazole rings is 1. The van der Waals surface area contributed by atoms with Crippen molar-refractivity contribution in [2.24, 2.45) is 0 Å². The average Bonchev–Trinajstić information content (AvgIpc) is 3.29. The minimum Gasteiger partial charge on any atom is -0.481 e. The van der Waals surface area contributed by atoms with E-state index in [1.54, 1.807) is 16.7 Å². The van der Waals surface area contributed by atoms with E-state index in [4.69, 9.17) is 14.5 Å². The van der Waals surface area contributed by atoms with E-state index in [2.05, 4.69) is 0 Å². The summed E-state index contributed by atoms with van der Waals surface area (Å²) in [5, 5.41) is 10.1. The number of hydrogen-bond donors (Lipinski definition) is 1. The lowest BCUT2D eigenvalue weighted by Gasteiger charge is -2.34. The van der Waals surface area contributed by atoms with Gasteiger partial charge >= 0.3 is 12.1 Å². The number of nitrogens with zero attached hydrogens (tertiary/aromatic N) is 3. The molecule has 0 unspecified atom stereocenters. The van der Waals surface area contributed by atoms with Gasteiger partial charge in [0.2, 0.25) is 0 Å². The normalized spacial score (nSPS) is 21.3. The number of aromatic nitrogens is 2. The number of hydrogen-bond acceptors (Lipinski definition) is 5. The molecule has 2 aliphatic heterocycles. The number of rotatable bonds is 6. The van der Waals surface area contributed by atoms with Crippen LogP contribution in [0.5, 0.6) is 0 Å². The Bertz CT molecular complexity index is 1430. The number of ether oxygens (including phenoxy) is 2. The first-order chi connectivity index (χ1) is 19.0. The van der Waals surface area contributed by atoms with Gasteiger partial charge < -0.3 is 19.1 Å². The minimum absolute atomic E-state index is 0.0166. The number of methoxy groups -OCH3 is 1. The molecule has 3 atom stereocenters. The minimum atomic E-state index is -3.08. The van der Waals surface area contributed by atoms with Crippen molar-refractivity contribution in [2.45, 2.75) is 63.0 Å². The van der Waals surface area contributed by atoms with Crippen LogP contribution in [0, 0.1) is 0 Å². The lowest BCUT2D eigenvalue weighted by Crippen LogP contribution is -2.42. The summed E-state index contributed by atoms with van der Waals surface area (Å²) in [4.78, 5) is 31.3. The highest BCUT2D eigenvalue weighted by Gasteiger charge is 2.40. The molecule has 40 heavy (non-hydrogen) atoms. The molecule has 0 radical (unpaired) electrons. The number of aryl methyl sites for hydroxylation is 1. The van der Waals surface area contributed by atoms with Gasteiger partial charge in [-0.3, -0.25) is 9.69 Å². The number of carboxylic acids is 1. The van der Waals surface area contributed by atoms with Gasteiger partial charge in [-0.05, 0) is 37.5 Å². The highest BCUT2D eigenvalue weighted by molar-refractivity contribution is 5.95.